The fourth-order valence-corrected chi connectivity index (χ4v) is 2.12. The summed E-state index contributed by atoms with van der Waals surface area (Å²) in [6.07, 6.45) is 1.37. The highest BCUT2D eigenvalue weighted by Gasteiger charge is 2.12. The van der Waals surface area contributed by atoms with Gasteiger partial charge in [0.25, 0.3) is 5.78 Å². The van der Waals surface area contributed by atoms with Crippen molar-refractivity contribution in [1.82, 2.24) is 19.6 Å². The van der Waals surface area contributed by atoms with Gasteiger partial charge in [0.1, 0.15) is 12.1 Å². The number of carboxylic acid groups (broad SMARTS) is 1. The molecule has 0 unspecified atom stereocenters. The zero-order chi connectivity index (χ0) is 15.0. The molecule has 0 aliphatic heterocycles. The number of ether oxygens (including phenoxy) is 1. The normalized spacial score (nSPS) is 10.8. The highest BCUT2D eigenvalue weighted by Crippen LogP contribution is 2.30. The first kappa shape index (κ1) is 13.5. The predicted molar refractivity (Wildman–Crippen MR) is 76.7 cm³/mol. The Labute approximate surface area is 127 Å². The van der Waals surface area contributed by atoms with Crippen LogP contribution in [0.4, 0.5) is 0 Å². The number of nitrogens with zero attached hydrogens (tertiary/aromatic N) is 4. The summed E-state index contributed by atoms with van der Waals surface area (Å²) in [5.74, 6) is 0.162. The summed E-state index contributed by atoms with van der Waals surface area (Å²) >= 11 is 3.33. The third kappa shape index (κ3) is 2.57. The van der Waals surface area contributed by atoms with Gasteiger partial charge < -0.3 is 9.84 Å². The van der Waals surface area contributed by atoms with Gasteiger partial charge in [-0.25, -0.2) is 9.78 Å². The number of hydrogen-bond acceptors (Lipinski definition) is 5. The average molecular weight is 349 g/mol. The molecule has 0 saturated heterocycles. The van der Waals surface area contributed by atoms with Gasteiger partial charge in [0.2, 0.25) is 5.88 Å². The van der Waals surface area contributed by atoms with Crippen molar-refractivity contribution >= 4 is 27.7 Å². The molecule has 0 atom stereocenters. The Morgan fingerprint density at radius 2 is 2.19 bits per heavy atom. The van der Waals surface area contributed by atoms with Crippen molar-refractivity contribution in [2.75, 3.05) is 0 Å². The van der Waals surface area contributed by atoms with Gasteiger partial charge in [0, 0.05) is 11.8 Å². The predicted octanol–water partition coefficient (Wildman–Crippen LogP) is 2.69. The second-order valence-electron chi connectivity index (χ2n) is 4.26. The summed E-state index contributed by atoms with van der Waals surface area (Å²) < 4.78 is 7.83. The highest BCUT2D eigenvalue weighted by atomic mass is 79.9. The van der Waals surface area contributed by atoms with Crippen molar-refractivity contribution in [3.8, 4) is 11.6 Å². The minimum absolute atomic E-state index is 0.133. The van der Waals surface area contributed by atoms with E-state index in [4.69, 9.17) is 9.84 Å². The number of hydrogen-bond donors (Lipinski definition) is 1. The second-order valence-corrected chi connectivity index (χ2v) is 5.11. The molecule has 106 valence electrons. The van der Waals surface area contributed by atoms with E-state index < -0.39 is 5.97 Å². The smallest absolute Gasteiger partial charge is 0.335 e. The van der Waals surface area contributed by atoms with Crippen LogP contribution in [0.15, 0.2) is 35.1 Å². The molecule has 3 aromatic rings. The van der Waals surface area contributed by atoms with E-state index in [9.17, 15) is 4.79 Å². The fraction of sp³-hybridized carbons (Fsp3) is 0.0769. The minimum Gasteiger partial charge on any atom is -0.478 e. The van der Waals surface area contributed by atoms with Crippen molar-refractivity contribution in [1.29, 1.82) is 0 Å². The molecule has 0 bridgehead atoms. The van der Waals surface area contributed by atoms with Crippen molar-refractivity contribution in [2.24, 2.45) is 0 Å². The fourth-order valence-electron chi connectivity index (χ4n) is 1.80. The topological polar surface area (TPSA) is 89.6 Å². The second kappa shape index (κ2) is 5.13. The maximum atomic E-state index is 11.0. The number of aromatic nitrogens is 4. The molecule has 0 radical (unpaired) electrons. The monoisotopic (exact) mass is 348 g/mol. The van der Waals surface area contributed by atoms with Crippen LogP contribution in [-0.2, 0) is 0 Å². The van der Waals surface area contributed by atoms with Gasteiger partial charge in [-0.2, -0.15) is 14.6 Å². The summed E-state index contributed by atoms with van der Waals surface area (Å²) in [6, 6.07) is 6.24. The van der Waals surface area contributed by atoms with Crippen LogP contribution in [0.25, 0.3) is 5.78 Å². The van der Waals surface area contributed by atoms with Crippen LogP contribution in [0.2, 0.25) is 0 Å². The summed E-state index contributed by atoms with van der Waals surface area (Å²) in [6.45, 7) is 1.81. The third-order valence-electron chi connectivity index (χ3n) is 2.74. The van der Waals surface area contributed by atoms with Crippen molar-refractivity contribution in [3.05, 3.63) is 46.3 Å². The van der Waals surface area contributed by atoms with Crippen LogP contribution >= 0.6 is 15.9 Å². The summed E-state index contributed by atoms with van der Waals surface area (Å²) in [5, 5.41) is 13.1. The van der Waals surface area contributed by atoms with Crippen molar-refractivity contribution in [3.63, 3.8) is 0 Å². The van der Waals surface area contributed by atoms with Gasteiger partial charge in [0.15, 0.2) is 0 Å². The van der Waals surface area contributed by atoms with Gasteiger partial charge in [-0.3, -0.25) is 0 Å². The summed E-state index contributed by atoms with van der Waals surface area (Å²) in [7, 11) is 0. The molecule has 0 fully saturated rings. The quantitative estimate of drug-likeness (QED) is 0.782. The number of carbonyl (C=O) groups is 1. The van der Waals surface area contributed by atoms with Crippen LogP contribution < -0.4 is 4.74 Å². The Bertz CT molecular complexity index is 847. The minimum atomic E-state index is -1.02. The molecule has 21 heavy (non-hydrogen) atoms. The van der Waals surface area contributed by atoms with E-state index in [1.165, 1.54) is 23.0 Å². The first-order valence-electron chi connectivity index (χ1n) is 5.92. The SMILES string of the molecule is Cc1cc(Oc2cc(C(=O)O)ccc2Br)n2ncnc2n1. The average Bonchev–Trinajstić information content (AvgIpc) is 2.89. The molecule has 2 heterocycles. The van der Waals surface area contributed by atoms with Crippen LogP contribution in [0.3, 0.4) is 0 Å². The van der Waals surface area contributed by atoms with Gasteiger partial charge in [0.05, 0.1) is 10.0 Å². The first-order valence-corrected chi connectivity index (χ1v) is 6.72. The van der Waals surface area contributed by atoms with E-state index in [0.717, 1.165) is 5.69 Å². The number of aryl methyl sites for hydroxylation is 1. The number of benzene rings is 1. The Morgan fingerprint density at radius 1 is 1.38 bits per heavy atom. The third-order valence-corrected chi connectivity index (χ3v) is 3.40. The molecule has 0 aliphatic rings. The lowest BCUT2D eigenvalue weighted by Crippen LogP contribution is -2.01. The van der Waals surface area contributed by atoms with Gasteiger partial charge in [-0.05, 0) is 41.1 Å². The molecule has 0 amide bonds. The largest absolute Gasteiger partial charge is 0.478 e. The van der Waals surface area contributed by atoms with E-state index in [0.29, 0.717) is 21.9 Å². The van der Waals surface area contributed by atoms with Crippen molar-refractivity contribution in [2.45, 2.75) is 6.92 Å². The number of aromatic carboxylic acids is 1. The highest BCUT2D eigenvalue weighted by molar-refractivity contribution is 9.10. The van der Waals surface area contributed by atoms with E-state index >= 15 is 0 Å². The Morgan fingerprint density at radius 3 is 2.95 bits per heavy atom. The molecule has 7 nitrogen and oxygen atoms in total. The standard InChI is InChI=1S/C13H9BrN4O3/c1-7-4-11(18-13(17-7)15-6-16-18)21-10-5-8(12(19)20)2-3-9(10)14/h2-6H,1H3,(H,19,20). The van der Waals surface area contributed by atoms with Gasteiger partial charge in [-0.1, -0.05) is 0 Å². The molecule has 1 aromatic carbocycles. The Kier molecular flexibility index (Phi) is 3.30. The molecule has 0 spiro atoms. The van der Waals surface area contributed by atoms with E-state index in [1.54, 1.807) is 12.1 Å². The summed E-state index contributed by atoms with van der Waals surface area (Å²) in [5.41, 5.74) is 0.852. The molecule has 8 heteroatoms. The number of rotatable bonds is 3. The lowest BCUT2D eigenvalue weighted by Gasteiger charge is -2.10. The zero-order valence-corrected chi connectivity index (χ0v) is 12.4. The van der Waals surface area contributed by atoms with Crippen LogP contribution in [-0.4, -0.2) is 30.7 Å². The molecule has 3 rings (SSSR count). The van der Waals surface area contributed by atoms with Crippen molar-refractivity contribution < 1.29 is 14.6 Å². The van der Waals surface area contributed by atoms with E-state index in [2.05, 4.69) is 31.0 Å². The van der Waals surface area contributed by atoms with Gasteiger partial charge in [-0.15, -0.1) is 0 Å². The maximum absolute atomic E-state index is 11.0. The lowest BCUT2D eigenvalue weighted by atomic mass is 10.2. The zero-order valence-electron chi connectivity index (χ0n) is 10.8. The van der Waals surface area contributed by atoms with Gasteiger partial charge >= 0.3 is 5.97 Å². The number of fused-ring (bicyclic) bond motifs is 1. The molecule has 2 aromatic heterocycles. The first-order chi connectivity index (χ1) is 10.0. The van der Waals surface area contributed by atoms with Crippen LogP contribution in [0, 0.1) is 6.92 Å². The lowest BCUT2D eigenvalue weighted by molar-refractivity contribution is 0.0696. The molecule has 1 N–H and O–H groups in total. The van der Waals surface area contributed by atoms with Crippen LogP contribution in [0.5, 0.6) is 11.6 Å². The molecule has 0 aliphatic carbocycles. The number of carboxylic acids is 1. The maximum Gasteiger partial charge on any atom is 0.335 e. The molecule has 0 saturated carbocycles. The Hall–Kier alpha value is -2.48. The van der Waals surface area contributed by atoms with E-state index in [-0.39, 0.29) is 5.56 Å². The van der Waals surface area contributed by atoms with Crippen LogP contribution in [0.1, 0.15) is 16.1 Å². The Balaban J connectivity index is 2.08. The molecular weight excluding hydrogens is 340 g/mol. The molecular formula is C13H9BrN4O3. The number of halogens is 1. The van der Waals surface area contributed by atoms with E-state index in [1.807, 2.05) is 6.92 Å². The summed E-state index contributed by atoms with van der Waals surface area (Å²) in [4.78, 5) is 19.2.